The lowest BCUT2D eigenvalue weighted by atomic mass is 9.91. The number of amides is 1. The first-order valence-corrected chi connectivity index (χ1v) is 6.64. The molecule has 3 atom stereocenters. The standard InChI is InChI=1S/C13H26N2O/c1-4-5-8-12(14)13(16)15-9-6-7-10(2)11(15)3/h10-12H,4-9,14H2,1-3H3. The molecular weight excluding hydrogens is 200 g/mol. The first kappa shape index (κ1) is 13.5. The molecule has 0 radical (unpaired) electrons. The van der Waals surface area contributed by atoms with Crippen LogP contribution >= 0.6 is 0 Å². The molecule has 1 aliphatic rings. The van der Waals surface area contributed by atoms with Crippen molar-refractivity contribution in [2.24, 2.45) is 11.7 Å². The zero-order chi connectivity index (χ0) is 12.1. The van der Waals surface area contributed by atoms with E-state index >= 15 is 0 Å². The van der Waals surface area contributed by atoms with Crippen molar-refractivity contribution in [3.8, 4) is 0 Å². The second-order valence-corrected chi connectivity index (χ2v) is 5.14. The van der Waals surface area contributed by atoms with Crippen molar-refractivity contribution in [1.82, 2.24) is 4.90 Å². The molecule has 0 aliphatic carbocycles. The Morgan fingerprint density at radius 3 is 2.81 bits per heavy atom. The first-order chi connectivity index (χ1) is 7.57. The van der Waals surface area contributed by atoms with Crippen molar-refractivity contribution in [1.29, 1.82) is 0 Å². The number of nitrogens with two attached hydrogens (primary N) is 1. The van der Waals surface area contributed by atoms with Gasteiger partial charge in [-0.15, -0.1) is 0 Å². The molecule has 1 rings (SSSR count). The molecule has 1 heterocycles. The third kappa shape index (κ3) is 3.21. The molecule has 0 aromatic rings. The van der Waals surface area contributed by atoms with E-state index in [1.165, 1.54) is 6.42 Å². The van der Waals surface area contributed by atoms with E-state index in [1.54, 1.807) is 0 Å². The lowest BCUT2D eigenvalue weighted by Gasteiger charge is -2.39. The van der Waals surface area contributed by atoms with Gasteiger partial charge >= 0.3 is 0 Å². The molecule has 3 nitrogen and oxygen atoms in total. The van der Waals surface area contributed by atoms with Crippen molar-refractivity contribution in [3.63, 3.8) is 0 Å². The van der Waals surface area contributed by atoms with Crippen molar-refractivity contribution >= 4 is 5.91 Å². The van der Waals surface area contributed by atoms with Crippen LogP contribution in [0.3, 0.4) is 0 Å². The van der Waals surface area contributed by atoms with Crippen molar-refractivity contribution in [2.75, 3.05) is 6.54 Å². The van der Waals surface area contributed by atoms with Crippen molar-refractivity contribution in [2.45, 2.75) is 65.0 Å². The van der Waals surface area contributed by atoms with E-state index in [0.29, 0.717) is 12.0 Å². The molecule has 0 bridgehead atoms. The minimum Gasteiger partial charge on any atom is -0.338 e. The maximum absolute atomic E-state index is 12.2. The highest BCUT2D eigenvalue weighted by atomic mass is 16.2. The topological polar surface area (TPSA) is 46.3 Å². The van der Waals surface area contributed by atoms with Crippen LogP contribution in [0, 0.1) is 5.92 Å². The summed E-state index contributed by atoms with van der Waals surface area (Å²) in [5.41, 5.74) is 5.95. The zero-order valence-electron chi connectivity index (χ0n) is 10.9. The second kappa shape index (κ2) is 6.24. The van der Waals surface area contributed by atoms with Gasteiger partial charge in [0, 0.05) is 12.6 Å². The van der Waals surface area contributed by atoms with Crippen LogP contribution in [0.15, 0.2) is 0 Å². The number of rotatable bonds is 4. The van der Waals surface area contributed by atoms with E-state index in [4.69, 9.17) is 5.73 Å². The summed E-state index contributed by atoms with van der Waals surface area (Å²) < 4.78 is 0. The highest BCUT2D eigenvalue weighted by Gasteiger charge is 2.30. The maximum atomic E-state index is 12.2. The summed E-state index contributed by atoms with van der Waals surface area (Å²) in [6.07, 6.45) is 5.33. The number of piperidine rings is 1. The van der Waals surface area contributed by atoms with E-state index < -0.39 is 0 Å². The van der Waals surface area contributed by atoms with Crippen LogP contribution in [-0.2, 0) is 4.79 Å². The summed E-state index contributed by atoms with van der Waals surface area (Å²) in [6.45, 7) is 7.39. The quantitative estimate of drug-likeness (QED) is 0.798. The number of carbonyl (C=O) groups is 1. The molecule has 0 aromatic heterocycles. The summed E-state index contributed by atoms with van der Waals surface area (Å²) in [7, 11) is 0. The fourth-order valence-corrected chi connectivity index (χ4v) is 2.41. The van der Waals surface area contributed by atoms with E-state index in [1.807, 2.05) is 4.90 Å². The summed E-state index contributed by atoms with van der Waals surface area (Å²) >= 11 is 0. The first-order valence-electron chi connectivity index (χ1n) is 6.64. The van der Waals surface area contributed by atoms with Crippen LogP contribution in [-0.4, -0.2) is 29.4 Å². The van der Waals surface area contributed by atoms with Crippen molar-refractivity contribution in [3.05, 3.63) is 0 Å². The average Bonchev–Trinajstić information content (AvgIpc) is 2.28. The van der Waals surface area contributed by atoms with Gasteiger partial charge < -0.3 is 10.6 Å². The lowest BCUT2D eigenvalue weighted by Crippen LogP contribution is -2.52. The zero-order valence-corrected chi connectivity index (χ0v) is 10.9. The van der Waals surface area contributed by atoms with Crippen molar-refractivity contribution < 1.29 is 4.79 Å². The number of hydrogen-bond acceptors (Lipinski definition) is 2. The van der Waals surface area contributed by atoms with Gasteiger partial charge in [-0.25, -0.2) is 0 Å². The summed E-state index contributed by atoms with van der Waals surface area (Å²) in [4.78, 5) is 14.2. The van der Waals surface area contributed by atoms with Gasteiger partial charge in [0.25, 0.3) is 0 Å². The van der Waals surface area contributed by atoms with Gasteiger partial charge in [0.2, 0.25) is 5.91 Å². The Kier molecular flexibility index (Phi) is 5.26. The molecule has 16 heavy (non-hydrogen) atoms. The summed E-state index contributed by atoms with van der Waals surface area (Å²) in [5, 5.41) is 0. The van der Waals surface area contributed by atoms with Crippen LogP contribution in [0.25, 0.3) is 0 Å². The Morgan fingerprint density at radius 1 is 1.50 bits per heavy atom. The van der Waals surface area contributed by atoms with E-state index in [2.05, 4.69) is 20.8 Å². The Morgan fingerprint density at radius 2 is 2.19 bits per heavy atom. The number of hydrogen-bond donors (Lipinski definition) is 1. The molecule has 0 spiro atoms. The molecule has 1 aliphatic heterocycles. The monoisotopic (exact) mass is 226 g/mol. The molecular formula is C13H26N2O. The summed E-state index contributed by atoms with van der Waals surface area (Å²) in [6, 6.07) is 0.0710. The molecule has 3 heteroatoms. The predicted molar refractivity (Wildman–Crippen MR) is 67.1 cm³/mol. The molecule has 0 aromatic carbocycles. The Bertz CT molecular complexity index is 230. The number of unbranched alkanes of at least 4 members (excludes halogenated alkanes) is 1. The van der Waals surface area contributed by atoms with Crippen LogP contribution in [0.5, 0.6) is 0 Å². The van der Waals surface area contributed by atoms with Gasteiger partial charge in [0.05, 0.1) is 6.04 Å². The molecule has 3 unspecified atom stereocenters. The highest BCUT2D eigenvalue weighted by Crippen LogP contribution is 2.23. The Labute approximate surface area is 99.4 Å². The van der Waals surface area contributed by atoms with Gasteiger partial charge in [-0.2, -0.15) is 0 Å². The molecule has 2 N–H and O–H groups in total. The number of likely N-dealkylation sites (tertiary alicyclic amines) is 1. The summed E-state index contributed by atoms with van der Waals surface area (Å²) in [5.74, 6) is 0.767. The van der Waals surface area contributed by atoms with Gasteiger partial charge in [0.1, 0.15) is 0 Å². The highest BCUT2D eigenvalue weighted by molar-refractivity contribution is 5.82. The largest absolute Gasteiger partial charge is 0.338 e. The van der Waals surface area contributed by atoms with E-state index in [9.17, 15) is 4.79 Å². The normalized spacial score (nSPS) is 27.9. The predicted octanol–water partition coefficient (Wildman–Crippen LogP) is 2.15. The van der Waals surface area contributed by atoms with E-state index in [-0.39, 0.29) is 11.9 Å². The fourth-order valence-electron chi connectivity index (χ4n) is 2.41. The minimum atomic E-state index is -0.285. The van der Waals surface area contributed by atoms with Crippen LogP contribution in [0.1, 0.15) is 52.9 Å². The third-order valence-electron chi connectivity index (χ3n) is 3.84. The molecule has 94 valence electrons. The minimum absolute atomic E-state index is 0.160. The van der Waals surface area contributed by atoms with Crippen LogP contribution < -0.4 is 5.73 Å². The molecule has 1 amide bonds. The number of nitrogens with zero attached hydrogens (tertiary/aromatic N) is 1. The fraction of sp³-hybridized carbons (Fsp3) is 0.923. The smallest absolute Gasteiger partial charge is 0.239 e. The maximum Gasteiger partial charge on any atom is 0.239 e. The second-order valence-electron chi connectivity index (χ2n) is 5.14. The van der Waals surface area contributed by atoms with Gasteiger partial charge in [0.15, 0.2) is 0 Å². The Balaban J connectivity index is 2.51. The number of carbonyl (C=O) groups excluding carboxylic acids is 1. The molecule has 1 fully saturated rings. The SMILES string of the molecule is CCCCC(N)C(=O)N1CCCC(C)C1C. The Hall–Kier alpha value is -0.570. The van der Waals surface area contributed by atoms with Crippen LogP contribution in [0.2, 0.25) is 0 Å². The molecule has 0 saturated carbocycles. The van der Waals surface area contributed by atoms with Gasteiger partial charge in [-0.3, -0.25) is 4.79 Å². The van der Waals surface area contributed by atoms with Gasteiger partial charge in [-0.05, 0) is 32.1 Å². The van der Waals surface area contributed by atoms with Gasteiger partial charge in [-0.1, -0.05) is 26.7 Å². The van der Waals surface area contributed by atoms with E-state index in [0.717, 1.165) is 32.2 Å². The van der Waals surface area contributed by atoms with Crippen LogP contribution in [0.4, 0.5) is 0 Å². The lowest BCUT2D eigenvalue weighted by molar-refractivity contribution is -0.137. The third-order valence-corrected chi connectivity index (χ3v) is 3.84. The molecule has 1 saturated heterocycles. The average molecular weight is 226 g/mol.